The van der Waals surface area contributed by atoms with Gasteiger partial charge in [0.25, 0.3) is 0 Å². The molecule has 0 N–H and O–H groups in total. The summed E-state index contributed by atoms with van der Waals surface area (Å²) in [5.74, 6) is -0.146. The zero-order valence-corrected chi connectivity index (χ0v) is 11.4. The maximum Gasteiger partial charge on any atom is 0.168 e. The van der Waals surface area contributed by atoms with Crippen LogP contribution in [0.15, 0.2) is 0 Å². The summed E-state index contributed by atoms with van der Waals surface area (Å²) in [6.07, 6.45) is 14.6. The first-order valence-electron chi connectivity index (χ1n) is 7.66. The Morgan fingerprint density at radius 3 is 2.47 bits per heavy atom. The summed E-state index contributed by atoms with van der Waals surface area (Å²) in [4.78, 5) is 0. The Labute approximate surface area is 106 Å². The molecular formula is C15H28O2. The zero-order chi connectivity index (χ0) is 12.0. The maximum absolute atomic E-state index is 6.12. The van der Waals surface area contributed by atoms with Crippen LogP contribution in [0.2, 0.25) is 0 Å². The van der Waals surface area contributed by atoms with Gasteiger partial charge < -0.3 is 9.47 Å². The van der Waals surface area contributed by atoms with Crippen molar-refractivity contribution in [1.29, 1.82) is 0 Å². The van der Waals surface area contributed by atoms with Gasteiger partial charge in [-0.1, -0.05) is 45.4 Å². The van der Waals surface area contributed by atoms with Crippen LogP contribution in [0.5, 0.6) is 0 Å². The van der Waals surface area contributed by atoms with Crippen LogP contribution in [0.25, 0.3) is 0 Å². The topological polar surface area (TPSA) is 18.5 Å². The highest BCUT2D eigenvalue weighted by atomic mass is 16.7. The largest absolute Gasteiger partial charge is 0.347 e. The van der Waals surface area contributed by atoms with E-state index in [1.807, 2.05) is 0 Å². The van der Waals surface area contributed by atoms with Gasteiger partial charge in [0.2, 0.25) is 0 Å². The van der Waals surface area contributed by atoms with Crippen molar-refractivity contribution >= 4 is 0 Å². The number of unbranched alkanes of at least 4 members (excludes halogenated alkanes) is 5. The molecular weight excluding hydrogens is 212 g/mol. The third kappa shape index (κ3) is 3.96. The molecule has 1 aliphatic heterocycles. The fraction of sp³-hybridized carbons (Fsp3) is 1.00. The number of ether oxygens (including phenoxy) is 2. The number of rotatable bonds is 7. The van der Waals surface area contributed by atoms with Crippen molar-refractivity contribution in [2.45, 2.75) is 89.4 Å². The minimum Gasteiger partial charge on any atom is -0.347 e. The molecule has 2 rings (SSSR count). The minimum atomic E-state index is -0.146. The summed E-state index contributed by atoms with van der Waals surface area (Å²) in [5, 5.41) is 0. The highest BCUT2D eigenvalue weighted by Crippen LogP contribution is 2.40. The fourth-order valence-electron chi connectivity index (χ4n) is 3.09. The van der Waals surface area contributed by atoms with Crippen LogP contribution in [-0.2, 0) is 9.47 Å². The van der Waals surface area contributed by atoms with Gasteiger partial charge in [-0.15, -0.1) is 0 Å². The molecule has 1 heterocycles. The van der Waals surface area contributed by atoms with E-state index < -0.39 is 0 Å². The molecule has 0 aromatic rings. The van der Waals surface area contributed by atoms with E-state index in [0.717, 1.165) is 19.4 Å². The molecule has 0 radical (unpaired) electrons. The molecule has 1 spiro atoms. The summed E-state index contributed by atoms with van der Waals surface area (Å²) >= 11 is 0. The lowest BCUT2D eigenvalue weighted by atomic mass is 10.1. The van der Waals surface area contributed by atoms with Gasteiger partial charge in [-0.25, -0.2) is 0 Å². The quantitative estimate of drug-likeness (QED) is 0.613. The second kappa shape index (κ2) is 6.75. The van der Waals surface area contributed by atoms with Crippen LogP contribution in [0.3, 0.4) is 0 Å². The molecule has 2 aliphatic rings. The van der Waals surface area contributed by atoms with Crippen LogP contribution in [0.4, 0.5) is 0 Å². The molecule has 1 aliphatic carbocycles. The van der Waals surface area contributed by atoms with Crippen molar-refractivity contribution in [1.82, 2.24) is 0 Å². The summed E-state index contributed by atoms with van der Waals surface area (Å²) < 4.78 is 12.0. The van der Waals surface area contributed by atoms with E-state index in [9.17, 15) is 0 Å². The molecule has 1 saturated carbocycles. The second-order valence-electron chi connectivity index (χ2n) is 5.73. The lowest BCUT2D eigenvalue weighted by molar-refractivity contribution is -0.162. The van der Waals surface area contributed by atoms with E-state index in [2.05, 4.69) is 6.92 Å². The second-order valence-corrected chi connectivity index (χ2v) is 5.73. The van der Waals surface area contributed by atoms with Crippen LogP contribution in [0, 0.1) is 0 Å². The SMILES string of the molecule is CCCCCCCCC1COC2(CCCC2)O1. The van der Waals surface area contributed by atoms with E-state index in [1.54, 1.807) is 0 Å². The van der Waals surface area contributed by atoms with Crippen LogP contribution in [-0.4, -0.2) is 18.5 Å². The van der Waals surface area contributed by atoms with Crippen molar-refractivity contribution in [2.75, 3.05) is 6.61 Å². The van der Waals surface area contributed by atoms with E-state index in [4.69, 9.17) is 9.47 Å². The molecule has 0 aromatic heterocycles. The third-order valence-corrected chi connectivity index (χ3v) is 4.16. The highest BCUT2D eigenvalue weighted by Gasteiger charge is 2.43. The standard InChI is InChI=1S/C15H28O2/c1-2-3-4-5-6-7-10-14-13-16-15(17-14)11-8-9-12-15/h14H,2-13H2,1H3. The maximum atomic E-state index is 6.12. The van der Waals surface area contributed by atoms with E-state index in [1.165, 1.54) is 57.8 Å². The Balaban J connectivity index is 1.52. The lowest BCUT2D eigenvalue weighted by Crippen LogP contribution is -2.26. The van der Waals surface area contributed by atoms with Crippen LogP contribution < -0.4 is 0 Å². The van der Waals surface area contributed by atoms with Gasteiger partial charge >= 0.3 is 0 Å². The Bertz CT molecular complexity index is 209. The van der Waals surface area contributed by atoms with Gasteiger partial charge in [-0.05, 0) is 19.3 Å². The molecule has 100 valence electrons. The molecule has 1 atom stereocenters. The summed E-state index contributed by atoms with van der Waals surface area (Å²) in [7, 11) is 0. The van der Waals surface area contributed by atoms with Crippen LogP contribution in [0.1, 0.15) is 77.6 Å². The predicted molar refractivity (Wildman–Crippen MR) is 70.0 cm³/mol. The molecule has 17 heavy (non-hydrogen) atoms. The molecule has 0 aromatic carbocycles. The Morgan fingerprint density at radius 1 is 1.00 bits per heavy atom. The van der Waals surface area contributed by atoms with Gasteiger partial charge in [0.05, 0.1) is 12.7 Å². The van der Waals surface area contributed by atoms with Crippen molar-refractivity contribution < 1.29 is 9.47 Å². The average Bonchev–Trinajstić information content (AvgIpc) is 2.95. The first-order valence-corrected chi connectivity index (χ1v) is 7.66. The van der Waals surface area contributed by atoms with Crippen molar-refractivity contribution in [3.63, 3.8) is 0 Å². The molecule has 1 unspecified atom stereocenters. The summed E-state index contributed by atoms with van der Waals surface area (Å²) in [6, 6.07) is 0. The minimum absolute atomic E-state index is 0.146. The normalized spacial score (nSPS) is 27.0. The Morgan fingerprint density at radius 2 is 1.71 bits per heavy atom. The first-order chi connectivity index (χ1) is 8.35. The van der Waals surface area contributed by atoms with Gasteiger partial charge in [-0.2, -0.15) is 0 Å². The van der Waals surface area contributed by atoms with Crippen molar-refractivity contribution in [2.24, 2.45) is 0 Å². The van der Waals surface area contributed by atoms with Gasteiger partial charge in [-0.3, -0.25) is 0 Å². The molecule has 2 nitrogen and oxygen atoms in total. The van der Waals surface area contributed by atoms with Gasteiger partial charge in [0.1, 0.15) is 0 Å². The molecule has 0 bridgehead atoms. The number of hydrogen-bond acceptors (Lipinski definition) is 2. The van der Waals surface area contributed by atoms with Gasteiger partial charge in [0.15, 0.2) is 5.79 Å². The van der Waals surface area contributed by atoms with E-state index in [0.29, 0.717) is 6.10 Å². The Kier molecular flexibility index (Phi) is 5.30. The van der Waals surface area contributed by atoms with E-state index in [-0.39, 0.29) is 5.79 Å². The average molecular weight is 240 g/mol. The summed E-state index contributed by atoms with van der Waals surface area (Å²) in [5.41, 5.74) is 0. The smallest absolute Gasteiger partial charge is 0.168 e. The van der Waals surface area contributed by atoms with Crippen LogP contribution >= 0.6 is 0 Å². The highest BCUT2D eigenvalue weighted by molar-refractivity contribution is 4.83. The molecule has 0 amide bonds. The van der Waals surface area contributed by atoms with Crippen molar-refractivity contribution in [3.8, 4) is 0 Å². The molecule has 2 fully saturated rings. The van der Waals surface area contributed by atoms with Gasteiger partial charge in [0, 0.05) is 12.8 Å². The zero-order valence-electron chi connectivity index (χ0n) is 11.4. The Hall–Kier alpha value is -0.0800. The molecule has 1 saturated heterocycles. The first kappa shape index (κ1) is 13.4. The monoisotopic (exact) mass is 240 g/mol. The lowest BCUT2D eigenvalue weighted by Gasteiger charge is -2.21. The fourth-order valence-corrected chi connectivity index (χ4v) is 3.09. The third-order valence-electron chi connectivity index (χ3n) is 4.16. The number of hydrogen-bond donors (Lipinski definition) is 0. The molecule has 2 heteroatoms. The van der Waals surface area contributed by atoms with E-state index >= 15 is 0 Å². The predicted octanol–water partition coefficient (Wildman–Crippen LogP) is 4.42. The van der Waals surface area contributed by atoms with Crippen molar-refractivity contribution in [3.05, 3.63) is 0 Å². The summed E-state index contributed by atoms with van der Waals surface area (Å²) in [6.45, 7) is 3.11.